The molecule has 5 heteroatoms. The first kappa shape index (κ1) is 23.5. The summed E-state index contributed by atoms with van der Waals surface area (Å²) < 4.78 is 5.54. The SMILES string of the molecule is Cc1ccc(N(CC(=O)O)Cc2ccc(CC(C)(C)C(=O)OC(C)(C)C)cc2)cc1. The Morgan fingerprint density at radius 1 is 0.900 bits per heavy atom. The zero-order valence-corrected chi connectivity index (χ0v) is 18.9. The number of ether oxygens (including phenoxy) is 1. The van der Waals surface area contributed by atoms with Crippen LogP contribution >= 0.6 is 0 Å². The smallest absolute Gasteiger partial charge is 0.323 e. The number of carbonyl (C=O) groups is 2. The monoisotopic (exact) mass is 411 g/mol. The van der Waals surface area contributed by atoms with Gasteiger partial charge in [0.15, 0.2) is 0 Å². The maximum atomic E-state index is 12.5. The van der Waals surface area contributed by atoms with Gasteiger partial charge in [-0.1, -0.05) is 42.0 Å². The van der Waals surface area contributed by atoms with Crippen LogP contribution in [0, 0.1) is 12.3 Å². The maximum Gasteiger partial charge on any atom is 0.323 e. The third kappa shape index (κ3) is 7.21. The van der Waals surface area contributed by atoms with Crippen LogP contribution in [-0.2, 0) is 27.3 Å². The minimum Gasteiger partial charge on any atom is -0.480 e. The molecule has 0 bridgehead atoms. The molecule has 2 rings (SSSR count). The summed E-state index contributed by atoms with van der Waals surface area (Å²) in [6, 6.07) is 15.8. The third-order valence-electron chi connectivity index (χ3n) is 4.72. The molecule has 0 aliphatic carbocycles. The van der Waals surface area contributed by atoms with Crippen LogP contribution in [0.5, 0.6) is 0 Å². The Morgan fingerprint density at radius 2 is 1.43 bits per heavy atom. The van der Waals surface area contributed by atoms with E-state index in [0.29, 0.717) is 13.0 Å². The lowest BCUT2D eigenvalue weighted by Crippen LogP contribution is -2.35. The lowest BCUT2D eigenvalue weighted by molar-refractivity contribution is -0.165. The summed E-state index contributed by atoms with van der Waals surface area (Å²) in [5.41, 5.74) is 2.91. The van der Waals surface area contributed by atoms with Crippen LogP contribution in [-0.4, -0.2) is 29.2 Å². The van der Waals surface area contributed by atoms with Gasteiger partial charge in [0.1, 0.15) is 12.1 Å². The van der Waals surface area contributed by atoms with E-state index < -0.39 is 17.0 Å². The zero-order valence-electron chi connectivity index (χ0n) is 18.9. The van der Waals surface area contributed by atoms with Gasteiger partial charge in [-0.05, 0) is 71.2 Å². The van der Waals surface area contributed by atoms with Crippen LogP contribution in [0.4, 0.5) is 5.69 Å². The lowest BCUT2D eigenvalue weighted by Gasteiger charge is -2.28. The van der Waals surface area contributed by atoms with E-state index in [4.69, 9.17) is 4.74 Å². The van der Waals surface area contributed by atoms with Crippen molar-refractivity contribution >= 4 is 17.6 Å². The summed E-state index contributed by atoms with van der Waals surface area (Å²) in [5, 5.41) is 9.30. The second kappa shape index (κ2) is 9.33. The highest BCUT2D eigenvalue weighted by Gasteiger charge is 2.32. The molecule has 0 aliphatic rings. The fourth-order valence-electron chi connectivity index (χ4n) is 3.14. The molecule has 0 aromatic heterocycles. The van der Waals surface area contributed by atoms with E-state index in [0.717, 1.165) is 22.4 Å². The summed E-state index contributed by atoms with van der Waals surface area (Å²) in [6.07, 6.45) is 0.568. The average molecular weight is 412 g/mol. The molecule has 1 N–H and O–H groups in total. The molecular formula is C25H33NO4. The fourth-order valence-corrected chi connectivity index (χ4v) is 3.14. The topological polar surface area (TPSA) is 66.8 Å². The van der Waals surface area contributed by atoms with E-state index >= 15 is 0 Å². The summed E-state index contributed by atoms with van der Waals surface area (Å²) in [6.45, 7) is 11.8. The standard InChI is InChI=1S/C25H33NO4/c1-18-7-13-21(14-8-18)26(17-22(27)28)16-20-11-9-19(10-12-20)15-25(5,6)23(29)30-24(2,3)4/h7-14H,15-17H2,1-6H3,(H,27,28). The Hall–Kier alpha value is -2.82. The number of esters is 1. The molecule has 0 heterocycles. The Morgan fingerprint density at radius 3 is 1.93 bits per heavy atom. The molecule has 2 aromatic rings. The Bertz CT molecular complexity index is 862. The first-order chi connectivity index (χ1) is 13.9. The molecule has 162 valence electrons. The van der Waals surface area contributed by atoms with Crippen LogP contribution in [0.1, 0.15) is 51.3 Å². The van der Waals surface area contributed by atoms with Gasteiger partial charge in [0, 0.05) is 12.2 Å². The van der Waals surface area contributed by atoms with Crippen molar-refractivity contribution in [2.24, 2.45) is 5.41 Å². The zero-order chi connectivity index (χ0) is 22.5. The van der Waals surface area contributed by atoms with E-state index in [2.05, 4.69) is 0 Å². The molecule has 0 amide bonds. The van der Waals surface area contributed by atoms with Crippen molar-refractivity contribution in [3.63, 3.8) is 0 Å². The van der Waals surface area contributed by atoms with Gasteiger partial charge in [-0.25, -0.2) is 0 Å². The predicted octanol–water partition coefficient (Wildman–Crippen LogP) is 5.00. The van der Waals surface area contributed by atoms with Crippen LogP contribution in [0.25, 0.3) is 0 Å². The second-order valence-electron chi connectivity index (χ2n) is 9.46. The predicted molar refractivity (Wildman–Crippen MR) is 120 cm³/mol. The highest BCUT2D eigenvalue weighted by atomic mass is 16.6. The number of hydrogen-bond acceptors (Lipinski definition) is 4. The van der Waals surface area contributed by atoms with Crippen LogP contribution in [0.2, 0.25) is 0 Å². The maximum absolute atomic E-state index is 12.5. The minimum atomic E-state index is -0.869. The lowest BCUT2D eigenvalue weighted by atomic mass is 9.85. The number of aryl methyl sites for hydroxylation is 1. The number of rotatable bonds is 8. The molecule has 0 aliphatic heterocycles. The van der Waals surface area contributed by atoms with E-state index in [9.17, 15) is 14.7 Å². The van der Waals surface area contributed by atoms with Crippen LogP contribution in [0.15, 0.2) is 48.5 Å². The van der Waals surface area contributed by atoms with Gasteiger partial charge >= 0.3 is 11.9 Å². The molecule has 2 aromatic carbocycles. The first-order valence-corrected chi connectivity index (χ1v) is 10.2. The first-order valence-electron chi connectivity index (χ1n) is 10.2. The van der Waals surface area contributed by atoms with E-state index in [1.807, 2.05) is 95.0 Å². The number of aliphatic carboxylic acids is 1. The van der Waals surface area contributed by atoms with E-state index in [-0.39, 0.29) is 12.5 Å². The largest absolute Gasteiger partial charge is 0.480 e. The van der Waals surface area contributed by atoms with Gasteiger partial charge in [-0.15, -0.1) is 0 Å². The van der Waals surface area contributed by atoms with Gasteiger partial charge in [-0.3, -0.25) is 9.59 Å². The Labute approximate surface area is 179 Å². The molecule has 0 saturated carbocycles. The molecule has 5 nitrogen and oxygen atoms in total. The highest BCUT2D eigenvalue weighted by molar-refractivity contribution is 5.76. The molecule has 0 spiro atoms. The second-order valence-corrected chi connectivity index (χ2v) is 9.46. The van der Waals surface area contributed by atoms with Crippen LogP contribution in [0.3, 0.4) is 0 Å². The number of benzene rings is 2. The van der Waals surface area contributed by atoms with Crippen molar-refractivity contribution in [1.29, 1.82) is 0 Å². The van der Waals surface area contributed by atoms with E-state index in [1.165, 1.54) is 0 Å². The summed E-state index contributed by atoms with van der Waals surface area (Å²) in [4.78, 5) is 25.7. The molecule has 0 atom stereocenters. The normalized spacial score (nSPS) is 11.8. The molecule has 30 heavy (non-hydrogen) atoms. The van der Waals surface area contributed by atoms with Crippen molar-refractivity contribution in [3.8, 4) is 0 Å². The highest BCUT2D eigenvalue weighted by Crippen LogP contribution is 2.27. The number of nitrogens with zero attached hydrogens (tertiary/aromatic N) is 1. The average Bonchev–Trinajstić information content (AvgIpc) is 2.61. The number of carboxylic acid groups (broad SMARTS) is 1. The number of carbonyl (C=O) groups excluding carboxylic acids is 1. The third-order valence-corrected chi connectivity index (χ3v) is 4.72. The summed E-state index contributed by atoms with van der Waals surface area (Å²) >= 11 is 0. The van der Waals surface area contributed by atoms with Crippen molar-refractivity contribution in [2.75, 3.05) is 11.4 Å². The number of hydrogen-bond donors (Lipinski definition) is 1. The van der Waals surface area contributed by atoms with Crippen molar-refractivity contribution in [2.45, 2.75) is 60.1 Å². The summed E-state index contributed by atoms with van der Waals surface area (Å²) in [7, 11) is 0. The van der Waals surface area contributed by atoms with Gasteiger partial charge < -0.3 is 14.7 Å². The number of carboxylic acids is 1. The van der Waals surface area contributed by atoms with Gasteiger partial charge in [0.05, 0.1) is 5.41 Å². The molecule has 0 unspecified atom stereocenters. The van der Waals surface area contributed by atoms with Crippen molar-refractivity contribution < 1.29 is 19.4 Å². The fraction of sp³-hybridized carbons (Fsp3) is 0.440. The van der Waals surface area contributed by atoms with Crippen molar-refractivity contribution in [3.05, 3.63) is 65.2 Å². The van der Waals surface area contributed by atoms with Gasteiger partial charge in [0.2, 0.25) is 0 Å². The van der Waals surface area contributed by atoms with Crippen LogP contribution < -0.4 is 4.90 Å². The molecular weight excluding hydrogens is 378 g/mol. The van der Waals surface area contributed by atoms with E-state index in [1.54, 1.807) is 0 Å². The molecule has 0 radical (unpaired) electrons. The summed E-state index contributed by atoms with van der Waals surface area (Å²) in [5.74, 6) is -1.09. The molecule has 0 fully saturated rings. The Kier molecular flexibility index (Phi) is 7.30. The quantitative estimate of drug-likeness (QED) is 0.620. The Balaban J connectivity index is 2.10. The van der Waals surface area contributed by atoms with Gasteiger partial charge in [-0.2, -0.15) is 0 Å². The molecule has 0 saturated heterocycles. The van der Waals surface area contributed by atoms with Gasteiger partial charge in [0.25, 0.3) is 0 Å². The van der Waals surface area contributed by atoms with Crippen molar-refractivity contribution in [1.82, 2.24) is 0 Å². The number of anilines is 1. The minimum absolute atomic E-state index is 0.0729.